The van der Waals surface area contributed by atoms with Gasteiger partial charge in [0.05, 0.1) is 6.54 Å². The Morgan fingerprint density at radius 2 is 1.81 bits per heavy atom. The summed E-state index contributed by atoms with van der Waals surface area (Å²) in [7, 11) is 0. The molecule has 3 heterocycles. The van der Waals surface area contributed by atoms with E-state index in [9.17, 15) is 4.79 Å². The van der Waals surface area contributed by atoms with Gasteiger partial charge in [0.15, 0.2) is 11.5 Å². The van der Waals surface area contributed by atoms with Crippen LogP contribution in [0.4, 0.5) is 5.69 Å². The number of ether oxygens (including phenoxy) is 2. The highest BCUT2D eigenvalue weighted by molar-refractivity contribution is 7.09. The van der Waals surface area contributed by atoms with Gasteiger partial charge in [0.2, 0.25) is 5.91 Å². The number of carbonyl (C=O) groups excluding carboxylic acids is 1. The van der Waals surface area contributed by atoms with Crippen LogP contribution in [-0.4, -0.2) is 61.6 Å². The highest BCUT2D eigenvalue weighted by Gasteiger charge is 2.20. The molecule has 0 radical (unpaired) electrons. The van der Waals surface area contributed by atoms with Gasteiger partial charge in [-0.05, 0) is 23.6 Å². The zero-order valence-electron chi connectivity index (χ0n) is 14.6. The molecule has 0 unspecified atom stereocenters. The molecule has 1 N–H and O–H groups in total. The van der Waals surface area contributed by atoms with E-state index >= 15 is 0 Å². The summed E-state index contributed by atoms with van der Waals surface area (Å²) in [6, 6.07) is 9.79. The van der Waals surface area contributed by atoms with Crippen molar-refractivity contribution >= 4 is 22.9 Å². The molecule has 0 bridgehead atoms. The van der Waals surface area contributed by atoms with Crippen LogP contribution in [0.2, 0.25) is 0 Å². The Bertz CT molecular complexity index is 742. The molecule has 1 fully saturated rings. The van der Waals surface area contributed by atoms with Gasteiger partial charge in [-0.15, -0.1) is 11.3 Å². The molecule has 2 aliphatic heterocycles. The molecule has 2 aromatic rings. The fraction of sp³-hybridized carbons (Fsp3) is 0.421. The third-order valence-corrected chi connectivity index (χ3v) is 5.48. The first kappa shape index (κ1) is 17.3. The molecule has 1 aromatic carbocycles. The lowest BCUT2D eigenvalue weighted by atomic mass is 10.2. The molecule has 0 aliphatic carbocycles. The Balaban J connectivity index is 1.24. The molecule has 7 heteroatoms. The molecule has 6 nitrogen and oxygen atoms in total. The van der Waals surface area contributed by atoms with Crippen LogP contribution in [0.1, 0.15) is 4.88 Å². The van der Waals surface area contributed by atoms with Gasteiger partial charge in [-0.1, -0.05) is 6.07 Å². The topological polar surface area (TPSA) is 54.0 Å². The van der Waals surface area contributed by atoms with Crippen molar-refractivity contribution in [2.75, 3.05) is 51.3 Å². The van der Waals surface area contributed by atoms with Crippen molar-refractivity contribution in [3.63, 3.8) is 0 Å². The molecule has 2 aliphatic rings. The van der Waals surface area contributed by atoms with E-state index in [1.165, 1.54) is 4.88 Å². The number of thiophene rings is 1. The van der Waals surface area contributed by atoms with Crippen LogP contribution >= 0.6 is 11.3 Å². The second kappa shape index (κ2) is 8.07. The minimum atomic E-state index is 0.00776. The normalized spacial score (nSPS) is 17.8. The van der Waals surface area contributed by atoms with Crippen LogP contribution in [-0.2, 0) is 11.3 Å². The average Bonchev–Trinajstić information content (AvgIpc) is 3.16. The Morgan fingerprint density at radius 3 is 2.58 bits per heavy atom. The van der Waals surface area contributed by atoms with Gasteiger partial charge < -0.3 is 14.8 Å². The largest absolute Gasteiger partial charge is 0.486 e. The number of fused-ring (bicyclic) bond motifs is 1. The molecule has 1 saturated heterocycles. The average molecular weight is 373 g/mol. The first-order chi connectivity index (χ1) is 12.8. The molecular weight excluding hydrogens is 350 g/mol. The Labute approximate surface area is 157 Å². The Kier molecular flexibility index (Phi) is 5.38. The maximum absolute atomic E-state index is 12.3. The summed E-state index contributed by atoms with van der Waals surface area (Å²) in [5.41, 5.74) is 0.746. The maximum atomic E-state index is 12.3. The molecule has 0 atom stereocenters. The van der Waals surface area contributed by atoms with E-state index in [-0.39, 0.29) is 5.91 Å². The minimum absolute atomic E-state index is 0.00776. The zero-order chi connectivity index (χ0) is 17.8. The van der Waals surface area contributed by atoms with Crippen molar-refractivity contribution in [3.05, 3.63) is 40.6 Å². The molecule has 0 saturated carbocycles. The molecular formula is C19H23N3O3S. The van der Waals surface area contributed by atoms with Crippen molar-refractivity contribution in [2.45, 2.75) is 6.54 Å². The summed E-state index contributed by atoms with van der Waals surface area (Å²) in [5.74, 6) is 1.43. The fourth-order valence-electron chi connectivity index (χ4n) is 3.25. The van der Waals surface area contributed by atoms with E-state index in [0.717, 1.165) is 44.2 Å². The Morgan fingerprint density at radius 1 is 1.04 bits per heavy atom. The van der Waals surface area contributed by atoms with Crippen LogP contribution in [0, 0.1) is 0 Å². The number of amides is 1. The molecule has 138 valence electrons. The van der Waals surface area contributed by atoms with E-state index in [0.29, 0.717) is 25.5 Å². The van der Waals surface area contributed by atoms with Crippen molar-refractivity contribution in [2.24, 2.45) is 0 Å². The van der Waals surface area contributed by atoms with Gasteiger partial charge in [-0.25, -0.2) is 0 Å². The smallest absolute Gasteiger partial charge is 0.238 e. The summed E-state index contributed by atoms with van der Waals surface area (Å²) in [6.07, 6.45) is 0. The first-order valence-corrected chi connectivity index (χ1v) is 9.81. The molecule has 1 aromatic heterocycles. The fourth-order valence-corrected chi connectivity index (χ4v) is 4.00. The van der Waals surface area contributed by atoms with E-state index in [4.69, 9.17) is 9.47 Å². The van der Waals surface area contributed by atoms with E-state index in [1.54, 1.807) is 11.3 Å². The molecule has 26 heavy (non-hydrogen) atoms. The van der Waals surface area contributed by atoms with E-state index in [1.807, 2.05) is 18.2 Å². The number of piperazine rings is 1. The third-order valence-electron chi connectivity index (χ3n) is 4.62. The van der Waals surface area contributed by atoms with Gasteiger partial charge in [0.25, 0.3) is 0 Å². The summed E-state index contributed by atoms with van der Waals surface area (Å²) in [4.78, 5) is 18.4. The first-order valence-electron chi connectivity index (χ1n) is 8.93. The number of nitrogens with one attached hydrogen (secondary N) is 1. The van der Waals surface area contributed by atoms with E-state index in [2.05, 4.69) is 32.6 Å². The molecule has 4 rings (SSSR count). The van der Waals surface area contributed by atoms with Gasteiger partial charge >= 0.3 is 0 Å². The standard InChI is InChI=1S/C19H23N3O3S/c23-19(20-15-3-4-17-18(12-15)25-10-9-24-17)14-22-7-5-21(6-8-22)13-16-2-1-11-26-16/h1-4,11-12H,5-10,13-14H2,(H,20,23). The molecule has 1 amide bonds. The number of rotatable bonds is 5. The number of hydrogen-bond donors (Lipinski definition) is 1. The van der Waals surface area contributed by atoms with Gasteiger partial charge in [0, 0.05) is 49.4 Å². The van der Waals surface area contributed by atoms with Gasteiger partial charge in [0.1, 0.15) is 13.2 Å². The lowest BCUT2D eigenvalue weighted by Crippen LogP contribution is -2.48. The number of benzene rings is 1. The van der Waals surface area contributed by atoms with Crippen molar-refractivity contribution in [1.29, 1.82) is 0 Å². The summed E-state index contributed by atoms with van der Waals surface area (Å²) in [6.45, 7) is 6.36. The highest BCUT2D eigenvalue weighted by atomic mass is 32.1. The summed E-state index contributed by atoms with van der Waals surface area (Å²) >= 11 is 1.80. The van der Waals surface area contributed by atoms with Crippen LogP contribution in [0.25, 0.3) is 0 Å². The van der Waals surface area contributed by atoms with Crippen LogP contribution in [0.3, 0.4) is 0 Å². The SMILES string of the molecule is O=C(CN1CCN(Cc2cccs2)CC1)Nc1ccc2c(c1)OCCO2. The van der Waals surface area contributed by atoms with Crippen molar-refractivity contribution in [1.82, 2.24) is 9.80 Å². The second-order valence-corrected chi connectivity index (χ2v) is 7.57. The van der Waals surface area contributed by atoms with E-state index < -0.39 is 0 Å². The van der Waals surface area contributed by atoms with Crippen molar-refractivity contribution in [3.8, 4) is 11.5 Å². The predicted octanol–water partition coefficient (Wildman–Crippen LogP) is 2.28. The van der Waals surface area contributed by atoms with Crippen LogP contribution < -0.4 is 14.8 Å². The number of nitrogens with zero attached hydrogens (tertiary/aromatic N) is 2. The maximum Gasteiger partial charge on any atom is 0.238 e. The number of carbonyl (C=O) groups is 1. The Hall–Kier alpha value is -2.09. The lowest BCUT2D eigenvalue weighted by Gasteiger charge is -2.34. The number of hydrogen-bond acceptors (Lipinski definition) is 6. The predicted molar refractivity (Wildman–Crippen MR) is 102 cm³/mol. The van der Waals surface area contributed by atoms with Gasteiger partial charge in [-0.2, -0.15) is 0 Å². The number of anilines is 1. The van der Waals surface area contributed by atoms with Gasteiger partial charge in [-0.3, -0.25) is 14.6 Å². The van der Waals surface area contributed by atoms with Crippen LogP contribution in [0.5, 0.6) is 11.5 Å². The molecule has 0 spiro atoms. The summed E-state index contributed by atoms with van der Waals surface area (Å²) < 4.78 is 11.1. The minimum Gasteiger partial charge on any atom is -0.486 e. The monoisotopic (exact) mass is 373 g/mol. The summed E-state index contributed by atoms with van der Waals surface area (Å²) in [5, 5.41) is 5.08. The highest BCUT2D eigenvalue weighted by Crippen LogP contribution is 2.32. The zero-order valence-corrected chi connectivity index (χ0v) is 15.5. The van der Waals surface area contributed by atoms with Crippen molar-refractivity contribution < 1.29 is 14.3 Å². The third kappa shape index (κ3) is 4.35. The second-order valence-electron chi connectivity index (χ2n) is 6.54. The van der Waals surface area contributed by atoms with Crippen LogP contribution in [0.15, 0.2) is 35.7 Å². The quantitative estimate of drug-likeness (QED) is 0.871. The lowest BCUT2D eigenvalue weighted by molar-refractivity contribution is -0.117.